The Morgan fingerprint density at radius 1 is 1.16 bits per heavy atom. The smallest absolute Gasteiger partial charge is 0.233 e. The summed E-state index contributed by atoms with van der Waals surface area (Å²) in [7, 11) is 0. The maximum atomic E-state index is 13.8. The first-order chi connectivity index (χ1) is 8.93. The molecule has 96 valence electrons. The van der Waals surface area contributed by atoms with Gasteiger partial charge in [-0.2, -0.15) is 18.4 Å². The second kappa shape index (κ2) is 4.65. The lowest BCUT2D eigenvalue weighted by Gasteiger charge is -2.08. The molecule has 0 saturated heterocycles. The summed E-state index contributed by atoms with van der Waals surface area (Å²) in [6.45, 7) is 0. The monoisotopic (exact) mass is 267 g/mol. The zero-order valence-corrected chi connectivity index (χ0v) is 9.24. The normalized spacial score (nSPS) is 11.1. The topological polar surface area (TPSA) is 49.6 Å². The molecular weight excluding hydrogens is 262 g/mol. The van der Waals surface area contributed by atoms with Crippen LogP contribution in [0.3, 0.4) is 0 Å². The molecule has 1 aromatic heterocycles. The third-order valence-corrected chi connectivity index (χ3v) is 2.36. The maximum absolute atomic E-state index is 13.8. The predicted octanol–water partition coefficient (Wildman–Crippen LogP) is 3.17. The number of nitrogens with zero attached hydrogens (tertiary/aromatic N) is 3. The van der Waals surface area contributed by atoms with Crippen LogP contribution in [0.15, 0.2) is 30.6 Å². The fraction of sp³-hybridized carbons (Fsp3) is 0.0833. The van der Waals surface area contributed by atoms with Gasteiger partial charge in [0.1, 0.15) is 18.1 Å². The number of rotatable bonds is 1. The Bertz CT molecular complexity index is 659. The first-order valence-electron chi connectivity index (χ1n) is 5.01. The van der Waals surface area contributed by atoms with Gasteiger partial charge in [0, 0.05) is 5.56 Å². The van der Waals surface area contributed by atoms with Crippen LogP contribution in [-0.4, -0.2) is 9.97 Å². The highest BCUT2D eigenvalue weighted by Gasteiger charge is 2.30. The van der Waals surface area contributed by atoms with Crippen molar-refractivity contribution in [2.45, 2.75) is 6.18 Å². The summed E-state index contributed by atoms with van der Waals surface area (Å²) in [4.78, 5) is 6.96. The highest BCUT2D eigenvalue weighted by molar-refractivity contribution is 5.62. The summed E-state index contributed by atoms with van der Waals surface area (Å²) in [5.41, 5.74) is -1.83. The molecule has 0 radical (unpaired) electrons. The Hall–Kier alpha value is -2.49. The Morgan fingerprint density at radius 3 is 2.53 bits per heavy atom. The van der Waals surface area contributed by atoms with Gasteiger partial charge < -0.3 is 0 Å². The molecule has 1 heterocycles. The van der Waals surface area contributed by atoms with E-state index in [9.17, 15) is 17.6 Å². The van der Waals surface area contributed by atoms with Crippen molar-refractivity contribution in [1.29, 1.82) is 5.26 Å². The Kier molecular flexibility index (Phi) is 3.17. The molecule has 0 aliphatic heterocycles. The van der Waals surface area contributed by atoms with Crippen molar-refractivity contribution in [3.05, 3.63) is 47.7 Å². The van der Waals surface area contributed by atoms with Crippen molar-refractivity contribution in [3.8, 4) is 17.3 Å². The molecule has 7 heteroatoms. The van der Waals surface area contributed by atoms with E-state index < -0.39 is 23.3 Å². The first-order valence-corrected chi connectivity index (χ1v) is 5.01. The molecule has 1 aromatic carbocycles. The molecule has 0 aliphatic rings. The largest absolute Gasteiger partial charge is 0.416 e. The molecule has 2 aromatic rings. The lowest BCUT2D eigenvalue weighted by molar-refractivity contribution is -0.137. The van der Waals surface area contributed by atoms with Crippen LogP contribution >= 0.6 is 0 Å². The minimum Gasteiger partial charge on any atom is -0.233 e. The van der Waals surface area contributed by atoms with Crippen molar-refractivity contribution in [1.82, 2.24) is 9.97 Å². The lowest BCUT2D eigenvalue weighted by Crippen LogP contribution is -2.05. The summed E-state index contributed by atoms with van der Waals surface area (Å²) >= 11 is 0. The van der Waals surface area contributed by atoms with E-state index in [-0.39, 0.29) is 11.3 Å². The number of nitriles is 1. The summed E-state index contributed by atoms with van der Waals surface area (Å²) in [5.74, 6) is -1.04. The highest BCUT2D eigenvalue weighted by atomic mass is 19.4. The van der Waals surface area contributed by atoms with Gasteiger partial charge in [-0.1, -0.05) is 12.1 Å². The first kappa shape index (κ1) is 13.0. The van der Waals surface area contributed by atoms with Crippen LogP contribution in [0.1, 0.15) is 11.3 Å². The van der Waals surface area contributed by atoms with Crippen LogP contribution in [-0.2, 0) is 6.18 Å². The third kappa shape index (κ3) is 2.52. The van der Waals surface area contributed by atoms with Crippen LogP contribution in [0.2, 0.25) is 0 Å². The van der Waals surface area contributed by atoms with E-state index in [4.69, 9.17) is 5.26 Å². The van der Waals surface area contributed by atoms with Crippen molar-refractivity contribution in [2.75, 3.05) is 0 Å². The quantitative estimate of drug-likeness (QED) is 0.745. The fourth-order valence-electron chi connectivity index (χ4n) is 1.49. The maximum Gasteiger partial charge on any atom is 0.416 e. The van der Waals surface area contributed by atoms with Gasteiger partial charge >= 0.3 is 6.18 Å². The lowest BCUT2D eigenvalue weighted by atomic mass is 10.1. The average molecular weight is 267 g/mol. The van der Waals surface area contributed by atoms with Gasteiger partial charge in [0.25, 0.3) is 0 Å². The van der Waals surface area contributed by atoms with Crippen molar-refractivity contribution in [2.24, 2.45) is 0 Å². The summed E-state index contributed by atoms with van der Waals surface area (Å²) in [6, 6.07) is 5.57. The van der Waals surface area contributed by atoms with Gasteiger partial charge in [0.05, 0.1) is 5.56 Å². The van der Waals surface area contributed by atoms with Crippen LogP contribution in [0.4, 0.5) is 17.6 Å². The van der Waals surface area contributed by atoms with E-state index in [2.05, 4.69) is 9.97 Å². The fourth-order valence-corrected chi connectivity index (χ4v) is 1.49. The van der Waals surface area contributed by atoms with E-state index in [0.717, 1.165) is 24.5 Å². The molecule has 0 aliphatic carbocycles. The zero-order valence-electron chi connectivity index (χ0n) is 9.24. The number of aromatic nitrogens is 2. The highest BCUT2D eigenvalue weighted by Crippen LogP contribution is 2.32. The Balaban J connectivity index is 2.58. The van der Waals surface area contributed by atoms with E-state index in [1.165, 1.54) is 12.1 Å². The van der Waals surface area contributed by atoms with Crippen molar-refractivity contribution in [3.63, 3.8) is 0 Å². The number of benzene rings is 1. The van der Waals surface area contributed by atoms with Gasteiger partial charge in [-0.25, -0.2) is 14.4 Å². The summed E-state index contributed by atoms with van der Waals surface area (Å²) in [5, 5.41) is 8.61. The molecule has 0 saturated carbocycles. The van der Waals surface area contributed by atoms with Gasteiger partial charge in [-0.3, -0.25) is 0 Å². The van der Waals surface area contributed by atoms with Gasteiger partial charge in [-0.05, 0) is 12.1 Å². The predicted molar refractivity (Wildman–Crippen MR) is 57.1 cm³/mol. The Morgan fingerprint density at radius 2 is 1.89 bits per heavy atom. The molecule has 2 rings (SSSR count). The van der Waals surface area contributed by atoms with Crippen LogP contribution < -0.4 is 0 Å². The van der Waals surface area contributed by atoms with Gasteiger partial charge in [-0.15, -0.1) is 0 Å². The SMILES string of the molecule is N#Cc1ncnc(-c2cccc(C(F)(F)F)c2)c1F. The van der Waals surface area contributed by atoms with Gasteiger partial charge in [0.2, 0.25) is 0 Å². The number of halogens is 4. The van der Waals surface area contributed by atoms with E-state index in [0.29, 0.717) is 0 Å². The van der Waals surface area contributed by atoms with Crippen molar-refractivity contribution >= 4 is 0 Å². The van der Waals surface area contributed by atoms with Crippen molar-refractivity contribution < 1.29 is 17.6 Å². The molecule has 0 bridgehead atoms. The molecule has 0 amide bonds. The minimum atomic E-state index is -4.53. The summed E-state index contributed by atoms with van der Waals surface area (Å²) in [6.07, 6.45) is -3.60. The molecule has 0 fully saturated rings. The molecule has 19 heavy (non-hydrogen) atoms. The summed E-state index contributed by atoms with van der Waals surface area (Å²) < 4.78 is 51.4. The number of alkyl halides is 3. The second-order valence-corrected chi connectivity index (χ2v) is 3.58. The average Bonchev–Trinajstić information content (AvgIpc) is 2.38. The van der Waals surface area contributed by atoms with Gasteiger partial charge in [0.15, 0.2) is 11.5 Å². The molecule has 3 nitrogen and oxygen atoms in total. The number of hydrogen-bond donors (Lipinski definition) is 0. The Labute approximate surface area is 105 Å². The zero-order chi connectivity index (χ0) is 14.0. The second-order valence-electron chi connectivity index (χ2n) is 3.58. The van der Waals surface area contributed by atoms with Crippen LogP contribution in [0.25, 0.3) is 11.3 Å². The van der Waals surface area contributed by atoms with Crippen LogP contribution in [0.5, 0.6) is 0 Å². The third-order valence-electron chi connectivity index (χ3n) is 2.36. The minimum absolute atomic E-state index is 0.0637. The molecule has 0 N–H and O–H groups in total. The number of hydrogen-bond acceptors (Lipinski definition) is 3. The van der Waals surface area contributed by atoms with E-state index >= 15 is 0 Å². The standard InChI is InChI=1S/C12H5F4N3/c13-10-9(5-17)18-6-19-11(10)7-2-1-3-8(4-7)12(14,15)16/h1-4,6H. The van der Waals surface area contributed by atoms with E-state index in [1.807, 2.05) is 0 Å². The molecule has 0 atom stereocenters. The molecule has 0 spiro atoms. The van der Waals surface area contributed by atoms with E-state index in [1.54, 1.807) is 0 Å². The molecule has 0 unspecified atom stereocenters. The van der Waals surface area contributed by atoms with Crippen LogP contribution in [0, 0.1) is 17.1 Å². The molecular formula is C12H5F4N3.